The SMILES string of the molecule is CCC(NC(=O)O)C(=O)N1CCn2c(CC(C)C)nnc2C1. The van der Waals surface area contributed by atoms with E-state index in [4.69, 9.17) is 5.11 Å². The Morgan fingerprint density at radius 1 is 1.32 bits per heavy atom. The Labute approximate surface area is 129 Å². The van der Waals surface area contributed by atoms with Gasteiger partial charge in [-0.25, -0.2) is 4.79 Å². The Kier molecular flexibility index (Phi) is 4.99. The molecule has 0 spiro atoms. The highest BCUT2D eigenvalue weighted by Gasteiger charge is 2.29. The molecule has 0 aliphatic carbocycles. The molecular formula is C14H23N5O3. The highest BCUT2D eigenvalue weighted by atomic mass is 16.4. The molecule has 22 heavy (non-hydrogen) atoms. The Balaban J connectivity index is 2.07. The molecule has 2 N–H and O–H groups in total. The number of nitrogens with one attached hydrogen (secondary N) is 1. The number of amides is 2. The fraction of sp³-hybridized carbons (Fsp3) is 0.714. The van der Waals surface area contributed by atoms with Crippen LogP contribution in [0.2, 0.25) is 0 Å². The first kappa shape index (κ1) is 16.3. The standard InChI is InChI=1S/C14H23N5O3/c1-4-10(15-14(21)22)13(20)18-5-6-19-11(7-9(2)3)16-17-12(19)8-18/h9-10,15H,4-8H2,1-3H3,(H,21,22). The molecule has 1 unspecified atom stereocenters. The van der Waals surface area contributed by atoms with Crippen molar-refractivity contribution in [2.75, 3.05) is 6.54 Å². The van der Waals surface area contributed by atoms with E-state index >= 15 is 0 Å². The monoisotopic (exact) mass is 309 g/mol. The van der Waals surface area contributed by atoms with Crippen molar-refractivity contribution in [3.63, 3.8) is 0 Å². The van der Waals surface area contributed by atoms with Crippen molar-refractivity contribution in [2.45, 2.75) is 52.7 Å². The summed E-state index contributed by atoms with van der Waals surface area (Å²) >= 11 is 0. The van der Waals surface area contributed by atoms with E-state index in [2.05, 4.69) is 33.9 Å². The molecule has 1 atom stereocenters. The maximum atomic E-state index is 12.4. The summed E-state index contributed by atoms with van der Waals surface area (Å²) in [5.41, 5.74) is 0. The van der Waals surface area contributed by atoms with Crippen LogP contribution in [-0.4, -0.2) is 49.4 Å². The van der Waals surface area contributed by atoms with E-state index in [1.165, 1.54) is 0 Å². The molecular weight excluding hydrogens is 286 g/mol. The lowest BCUT2D eigenvalue weighted by molar-refractivity contribution is -0.135. The number of rotatable bonds is 5. The molecule has 8 heteroatoms. The number of hydrogen-bond acceptors (Lipinski definition) is 4. The first-order valence-corrected chi connectivity index (χ1v) is 7.61. The van der Waals surface area contributed by atoms with Crippen molar-refractivity contribution in [1.29, 1.82) is 0 Å². The van der Waals surface area contributed by atoms with Crippen molar-refractivity contribution in [1.82, 2.24) is 25.0 Å². The number of hydrogen-bond donors (Lipinski definition) is 2. The van der Waals surface area contributed by atoms with E-state index in [0.717, 1.165) is 18.1 Å². The van der Waals surface area contributed by atoms with Gasteiger partial charge >= 0.3 is 6.09 Å². The number of fused-ring (bicyclic) bond motifs is 1. The quantitative estimate of drug-likeness (QED) is 0.840. The molecule has 2 amide bonds. The average Bonchev–Trinajstić information content (AvgIpc) is 2.85. The third-order valence-corrected chi connectivity index (χ3v) is 3.74. The van der Waals surface area contributed by atoms with Gasteiger partial charge in [-0.2, -0.15) is 0 Å². The number of aromatic nitrogens is 3. The van der Waals surface area contributed by atoms with Gasteiger partial charge in [-0.1, -0.05) is 20.8 Å². The van der Waals surface area contributed by atoms with Crippen molar-refractivity contribution >= 4 is 12.0 Å². The molecule has 1 aromatic rings. The fourth-order valence-electron chi connectivity index (χ4n) is 2.63. The van der Waals surface area contributed by atoms with Gasteiger partial charge in [0.05, 0.1) is 6.54 Å². The largest absolute Gasteiger partial charge is 0.465 e. The first-order valence-electron chi connectivity index (χ1n) is 7.61. The van der Waals surface area contributed by atoms with Gasteiger partial charge < -0.3 is 19.9 Å². The zero-order valence-corrected chi connectivity index (χ0v) is 13.2. The van der Waals surface area contributed by atoms with Crippen LogP contribution in [-0.2, 0) is 24.3 Å². The van der Waals surface area contributed by atoms with E-state index in [9.17, 15) is 9.59 Å². The molecule has 8 nitrogen and oxygen atoms in total. The molecule has 0 fully saturated rings. The predicted molar refractivity (Wildman–Crippen MR) is 79.2 cm³/mol. The Morgan fingerprint density at radius 2 is 2.05 bits per heavy atom. The van der Waals surface area contributed by atoms with Crippen molar-refractivity contribution in [2.24, 2.45) is 5.92 Å². The van der Waals surface area contributed by atoms with Crippen LogP contribution in [0.1, 0.15) is 38.8 Å². The minimum atomic E-state index is -1.18. The molecule has 0 saturated carbocycles. The number of nitrogens with zero attached hydrogens (tertiary/aromatic N) is 4. The van der Waals surface area contributed by atoms with Gasteiger partial charge in [-0.15, -0.1) is 10.2 Å². The van der Waals surface area contributed by atoms with Crippen LogP contribution >= 0.6 is 0 Å². The Morgan fingerprint density at radius 3 is 2.64 bits per heavy atom. The van der Waals surface area contributed by atoms with Gasteiger partial charge in [0, 0.05) is 19.5 Å². The van der Waals surface area contributed by atoms with E-state index in [0.29, 0.717) is 32.0 Å². The maximum absolute atomic E-state index is 12.4. The van der Waals surface area contributed by atoms with Gasteiger partial charge in [0.1, 0.15) is 11.9 Å². The summed E-state index contributed by atoms with van der Waals surface area (Å²) in [6.07, 6.45) is 0.103. The number of carboxylic acid groups (broad SMARTS) is 1. The number of carbonyl (C=O) groups is 2. The second-order valence-corrected chi connectivity index (χ2v) is 5.95. The molecule has 0 bridgehead atoms. The third kappa shape index (κ3) is 3.55. The number of carbonyl (C=O) groups excluding carboxylic acids is 1. The zero-order valence-electron chi connectivity index (χ0n) is 13.2. The summed E-state index contributed by atoms with van der Waals surface area (Å²) in [6.45, 7) is 7.62. The van der Waals surface area contributed by atoms with Gasteiger partial charge in [-0.3, -0.25) is 4.79 Å². The van der Waals surface area contributed by atoms with Crippen molar-refractivity contribution < 1.29 is 14.7 Å². The third-order valence-electron chi connectivity index (χ3n) is 3.74. The highest BCUT2D eigenvalue weighted by Crippen LogP contribution is 2.16. The van der Waals surface area contributed by atoms with Crippen LogP contribution in [0.4, 0.5) is 4.79 Å². The molecule has 1 aromatic heterocycles. The summed E-state index contributed by atoms with van der Waals surface area (Å²) in [7, 11) is 0. The van der Waals surface area contributed by atoms with Gasteiger partial charge in [0.15, 0.2) is 5.82 Å². The average molecular weight is 309 g/mol. The van der Waals surface area contributed by atoms with Gasteiger partial charge in [-0.05, 0) is 12.3 Å². The van der Waals surface area contributed by atoms with Crippen molar-refractivity contribution in [3.8, 4) is 0 Å². The predicted octanol–water partition coefficient (Wildman–Crippen LogP) is 0.865. The minimum absolute atomic E-state index is 0.204. The summed E-state index contributed by atoms with van der Waals surface area (Å²) in [5.74, 6) is 2.01. The summed E-state index contributed by atoms with van der Waals surface area (Å²) in [6, 6.07) is -0.706. The fourth-order valence-corrected chi connectivity index (χ4v) is 2.63. The normalized spacial score (nSPS) is 15.5. The molecule has 2 heterocycles. The minimum Gasteiger partial charge on any atom is -0.465 e. The molecule has 1 aliphatic heterocycles. The summed E-state index contributed by atoms with van der Waals surface area (Å²) in [5, 5.41) is 19.4. The van der Waals surface area contributed by atoms with Crippen molar-refractivity contribution in [3.05, 3.63) is 11.6 Å². The van der Waals surface area contributed by atoms with Crippen LogP contribution in [0.3, 0.4) is 0 Å². The van der Waals surface area contributed by atoms with Crippen LogP contribution in [0.15, 0.2) is 0 Å². The lowest BCUT2D eigenvalue weighted by atomic mass is 10.1. The summed E-state index contributed by atoms with van der Waals surface area (Å²) in [4.78, 5) is 24.8. The highest BCUT2D eigenvalue weighted by molar-refractivity contribution is 5.85. The Hall–Kier alpha value is -2.12. The molecule has 1 aliphatic rings. The van der Waals surface area contributed by atoms with Crippen LogP contribution in [0.25, 0.3) is 0 Å². The van der Waals surface area contributed by atoms with Gasteiger partial charge in [0.25, 0.3) is 0 Å². The topological polar surface area (TPSA) is 100 Å². The molecule has 0 radical (unpaired) electrons. The molecule has 122 valence electrons. The summed E-state index contributed by atoms with van der Waals surface area (Å²) < 4.78 is 2.06. The van der Waals surface area contributed by atoms with E-state index in [1.807, 2.05) is 0 Å². The van der Waals surface area contributed by atoms with Gasteiger partial charge in [0.2, 0.25) is 5.91 Å². The van der Waals surface area contributed by atoms with E-state index in [1.54, 1.807) is 11.8 Å². The smallest absolute Gasteiger partial charge is 0.405 e. The molecule has 2 rings (SSSR count). The van der Waals surface area contributed by atoms with Crippen LogP contribution < -0.4 is 5.32 Å². The molecule has 0 aromatic carbocycles. The molecule has 0 saturated heterocycles. The second-order valence-electron chi connectivity index (χ2n) is 5.95. The van der Waals surface area contributed by atoms with Crippen LogP contribution in [0.5, 0.6) is 0 Å². The van der Waals surface area contributed by atoms with E-state index < -0.39 is 12.1 Å². The lowest BCUT2D eigenvalue weighted by Crippen LogP contribution is -2.50. The Bertz CT molecular complexity index is 555. The maximum Gasteiger partial charge on any atom is 0.405 e. The van der Waals surface area contributed by atoms with Crippen LogP contribution in [0, 0.1) is 5.92 Å². The van der Waals surface area contributed by atoms with E-state index in [-0.39, 0.29) is 5.91 Å². The zero-order chi connectivity index (χ0) is 16.3. The first-order chi connectivity index (χ1) is 10.4. The second kappa shape index (κ2) is 6.76. The lowest BCUT2D eigenvalue weighted by Gasteiger charge is -2.30.